The van der Waals surface area contributed by atoms with Crippen LogP contribution in [0.15, 0.2) is 48.5 Å². The zero-order valence-corrected chi connectivity index (χ0v) is 27.6. The van der Waals surface area contributed by atoms with Gasteiger partial charge in [-0.3, -0.25) is 9.59 Å². The van der Waals surface area contributed by atoms with E-state index in [0.29, 0.717) is 42.8 Å². The van der Waals surface area contributed by atoms with Gasteiger partial charge in [-0.25, -0.2) is 4.79 Å². The van der Waals surface area contributed by atoms with Crippen LogP contribution >= 0.6 is 0 Å². The van der Waals surface area contributed by atoms with E-state index in [1.165, 1.54) is 44.1 Å². The van der Waals surface area contributed by atoms with Crippen LogP contribution in [0.4, 0.5) is 0 Å². The van der Waals surface area contributed by atoms with Crippen LogP contribution in [-0.2, 0) is 19.1 Å². The van der Waals surface area contributed by atoms with E-state index in [1.807, 2.05) is 12.1 Å². The first-order valence-electron chi connectivity index (χ1n) is 17.3. The molecule has 0 saturated heterocycles. The molecule has 1 aliphatic rings. The van der Waals surface area contributed by atoms with E-state index in [2.05, 4.69) is 26.0 Å². The summed E-state index contributed by atoms with van der Waals surface area (Å²) in [6, 6.07) is 15.0. The van der Waals surface area contributed by atoms with Gasteiger partial charge >= 0.3 is 17.9 Å². The molecule has 2 aromatic carbocycles. The van der Waals surface area contributed by atoms with E-state index >= 15 is 0 Å². The van der Waals surface area contributed by atoms with Crippen LogP contribution < -0.4 is 9.47 Å². The van der Waals surface area contributed by atoms with Crippen LogP contribution in [0.5, 0.6) is 11.5 Å². The van der Waals surface area contributed by atoms with Crippen molar-refractivity contribution in [3.8, 4) is 11.5 Å². The van der Waals surface area contributed by atoms with Gasteiger partial charge in [-0.2, -0.15) is 0 Å². The first-order chi connectivity index (χ1) is 22.0. The molecular formula is C38H54O7. The fourth-order valence-corrected chi connectivity index (χ4v) is 5.85. The second-order valence-electron chi connectivity index (χ2n) is 12.3. The van der Waals surface area contributed by atoms with Crippen molar-refractivity contribution in [3.05, 3.63) is 59.7 Å². The molecule has 248 valence electrons. The van der Waals surface area contributed by atoms with Gasteiger partial charge < -0.3 is 18.9 Å². The highest BCUT2D eigenvalue weighted by atomic mass is 16.5. The zero-order chi connectivity index (χ0) is 32.1. The third-order valence-corrected chi connectivity index (χ3v) is 8.56. The number of esters is 3. The maximum Gasteiger partial charge on any atom is 0.343 e. The predicted octanol–water partition coefficient (Wildman–Crippen LogP) is 9.37. The topological polar surface area (TPSA) is 88.1 Å². The third-order valence-electron chi connectivity index (χ3n) is 8.56. The Kier molecular flexibility index (Phi) is 17.2. The highest BCUT2D eigenvalue weighted by Crippen LogP contribution is 2.37. The molecule has 0 heterocycles. The quantitative estimate of drug-likeness (QED) is 0.0778. The lowest BCUT2D eigenvalue weighted by Crippen LogP contribution is -2.13. The first kappa shape index (κ1) is 36.1. The minimum absolute atomic E-state index is 0.0607. The SMILES string of the molecule is CCCCCCOC(=O)CCC(=O)OCCCCCCOc1ccc(C(=O)Oc2ccc(C3CCC(CCC)CC3)cc2)cc1. The van der Waals surface area contributed by atoms with Crippen LogP contribution in [0.3, 0.4) is 0 Å². The van der Waals surface area contributed by atoms with Crippen LogP contribution in [0, 0.1) is 5.92 Å². The lowest BCUT2D eigenvalue weighted by Gasteiger charge is -2.28. The van der Waals surface area contributed by atoms with Gasteiger partial charge in [0, 0.05) is 0 Å². The molecule has 2 aromatic rings. The van der Waals surface area contributed by atoms with Gasteiger partial charge in [0.2, 0.25) is 0 Å². The Morgan fingerprint density at radius 1 is 0.622 bits per heavy atom. The average molecular weight is 623 g/mol. The molecule has 0 aliphatic heterocycles. The summed E-state index contributed by atoms with van der Waals surface area (Å²) in [7, 11) is 0. The summed E-state index contributed by atoms with van der Waals surface area (Å²) in [4.78, 5) is 36.2. The minimum atomic E-state index is -0.382. The number of carbonyl (C=O) groups is 3. The molecule has 0 unspecified atom stereocenters. The Balaban J connectivity index is 1.21. The molecule has 0 bridgehead atoms. The molecule has 1 saturated carbocycles. The largest absolute Gasteiger partial charge is 0.494 e. The van der Waals surface area contributed by atoms with Gasteiger partial charge in [0.25, 0.3) is 0 Å². The van der Waals surface area contributed by atoms with E-state index in [1.54, 1.807) is 24.3 Å². The third kappa shape index (κ3) is 14.5. The van der Waals surface area contributed by atoms with E-state index in [0.717, 1.165) is 57.3 Å². The van der Waals surface area contributed by atoms with Crippen molar-refractivity contribution >= 4 is 17.9 Å². The Morgan fingerprint density at radius 2 is 1.18 bits per heavy atom. The lowest BCUT2D eigenvalue weighted by atomic mass is 9.77. The van der Waals surface area contributed by atoms with Gasteiger partial charge in [-0.1, -0.05) is 58.1 Å². The van der Waals surface area contributed by atoms with Crippen LogP contribution in [0.2, 0.25) is 0 Å². The fraction of sp³-hybridized carbons (Fsp3) is 0.605. The number of carbonyl (C=O) groups excluding carboxylic acids is 3. The lowest BCUT2D eigenvalue weighted by molar-refractivity contribution is -0.150. The standard InChI is InChI=1S/C38H54O7/c1-3-5-6-9-28-43-36(39)25-26-37(40)44-29-11-8-7-10-27-42-34-21-19-33(20-22-34)38(41)45-35-23-17-32(18-24-35)31-15-13-30(12-4-2)14-16-31/h17-24,30-31H,3-16,25-29H2,1-2H3. The van der Waals surface area contributed by atoms with Crippen LogP contribution in [0.1, 0.15) is 138 Å². The molecule has 0 aromatic heterocycles. The van der Waals surface area contributed by atoms with Crippen molar-refractivity contribution in [1.29, 1.82) is 0 Å². The summed E-state index contributed by atoms with van der Waals surface area (Å²) in [6.07, 6.45) is 15.6. The summed E-state index contributed by atoms with van der Waals surface area (Å²) in [5.41, 5.74) is 1.82. The smallest absolute Gasteiger partial charge is 0.343 e. The van der Waals surface area contributed by atoms with Gasteiger partial charge in [0.15, 0.2) is 0 Å². The number of unbranched alkanes of at least 4 members (excludes halogenated alkanes) is 6. The molecule has 7 heteroatoms. The molecule has 0 amide bonds. The van der Waals surface area contributed by atoms with E-state index in [9.17, 15) is 14.4 Å². The predicted molar refractivity (Wildman–Crippen MR) is 177 cm³/mol. The van der Waals surface area contributed by atoms with Crippen molar-refractivity contribution in [1.82, 2.24) is 0 Å². The van der Waals surface area contributed by atoms with Crippen molar-refractivity contribution in [2.75, 3.05) is 19.8 Å². The minimum Gasteiger partial charge on any atom is -0.494 e. The number of ether oxygens (including phenoxy) is 4. The molecule has 0 spiro atoms. The summed E-state index contributed by atoms with van der Waals surface area (Å²) in [5.74, 6) is 1.69. The van der Waals surface area contributed by atoms with Gasteiger partial charge in [0.1, 0.15) is 11.5 Å². The Labute approximate surface area is 270 Å². The number of rotatable bonds is 21. The monoisotopic (exact) mass is 622 g/mol. The number of benzene rings is 2. The van der Waals surface area contributed by atoms with Crippen molar-refractivity contribution in [2.24, 2.45) is 5.92 Å². The molecule has 45 heavy (non-hydrogen) atoms. The Hall–Kier alpha value is -3.35. The number of hydrogen-bond acceptors (Lipinski definition) is 7. The van der Waals surface area contributed by atoms with E-state index in [4.69, 9.17) is 18.9 Å². The van der Waals surface area contributed by atoms with Crippen molar-refractivity contribution in [2.45, 2.75) is 122 Å². The van der Waals surface area contributed by atoms with E-state index < -0.39 is 0 Å². The zero-order valence-electron chi connectivity index (χ0n) is 27.6. The van der Waals surface area contributed by atoms with E-state index in [-0.39, 0.29) is 30.7 Å². The highest BCUT2D eigenvalue weighted by Gasteiger charge is 2.22. The van der Waals surface area contributed by atoms with Crippen molar-refractivity contribution in [3.63, 3.8) is 0 Å². The second kappa shape index (κ2) is 21.4. The maximum atomic E-state index is 12.7. The summed E-state index contributed by atoms with van der Waals surface area (Å²) in [6.45, 7) is 5.75. The van der Waals surface area contributed by atoms with Gasteiger partial charge in [-0.15, -0.1) is 0 Å². The molecule has 7 nitrogen and oxygen atoms in total. The van der Waals surface area contributed by atoms with Crippen LogP contribution in [-0.4, -0.2) is 37.7 Å². The summed E-state index contributed by atoms with van der Waals surface area (Å²) >= 11 is 0. The van der Waals surface area contributed by atoms with Gasteiger partial charge in [0.05, 0.1) is 38.2 Å². The van der Waals surface area contributed by atoms with Crippen LogP contribution in [0.25, 0.3) is 0 Å². The molecule has 1 aliphatic carbocycles. The van der Waals surface area contributed by atoms with Crippen molar-refractivity contribution < 1.29 is 33.3 Å². The molecule has 0 atom stereocenters. The summed E-state index contributed by atoms with van der Waals surface area (Å²) < 4.78 is 21.8. The molecule has 1 fully saturated rings. The Bertz CT molecular complexity index is 1120. The second-order valence-corrected chi connectivity index (χ2v) is 12.3. The van der Waals surface area contributed by atoms with Gasteiger partial charge in [-0.05, 0) is 112 Å². The normalized spacial score (nSPS) is 16.1. The molecular weight excluding hydrogens is 568 g/mol. The Morgan fingerprint density at radius 3 is 1.76 bits per heavy atom. The first-order valence-corrected chi connectivity index (χ1v) is 17.3. The molecule has 0 N–H and O–H groups in total. The fourth-order valence-electron chi connectivity index (χ4n) is 5.85. The maximum absolute atomic E-state index is 12.7. The highest BCUT2D eigenvalue weighted by molar-refractivity contribution is 5.91. The molecule has 3 rings (SSSR count). The number of hydrogen-bond donors (Lipinski definition) is 0. The molecule has 0 radical (unpaired) electrons. The average Bonchev–Trinajstić information content (AvgIpc) is 3.06. The summed E-state index contributed by atoms with van der Waals surface area (Å²) in [5, 5.41) is 0.